The molecule has 0 aliphatic rings. The van der Waals surface area contributed by atoms with E-state index in [9.17, 15) is 9.59 Å². The molecular formula is C19H18N4O2. The van der Waals surface area contributed by atoms with E-state index in [4.69, 9.17) is 5.73 Å². The molecule has 2 aromatic heterocycles. The van der Waals surface area contributed by atoms with Crippen molar-refractivity contribution in [3.63, 3.8) is 0 Å². The maximum Gasteiger partial charge on any atom is 0.274 e. The van der Waals surface area contributed by atoms with Crippen LogP contribution in [0.1, 0.15) is 15.9 Å². The predicted octanol–water partition coefficient (Wildman–Crippen LogP) is 2.60. The normalized spacial score (nSPS) is 10.5. The molecule has 6 heteroatoms. The van der Waals surface area contributed by atoms with Crippen LogP contribution in [-0.2, 0) is 7.05 Å². The number of rotatable bonds is 4. The van der Waals surface area contributed by atoms with E-state index < -0.39 is 5.91 Å². The Hall–Kier alpha value is -3.41. The Morgan fingerprint density at radius 2 is 2.00 bits per heavy atom. The second-order valence-electron chi connectivity index (χ2n) is 5.74. The summed E-state index contributed by atoms with van der Waals surface area (Å²) < 4.78 is 1.50. The van der Waals surface area contributed by atoms with E-state index in [1.807, 2.05) is 19.1 Å². The second kappa shape index (κ2) is 6.60. The lowest BCUT2D eigenvalue weighted by Gasteiger charge is -2.13. The van der Waals surface area contributed by atoms with Gasteiger partial charge in [-0.3, -0.25) is 9.59 Å². The Balaban J connectivity index is 2.11. The average molecular weight is 334 g/mol. The van der Waals surface area contributed by atoms with Gasteiger partial charge in [0.25, 0.3) is 5.56 Å². The molecule has 0 fully saturated rings. The Labute approximate surface area is 145 Å². The number of anilines is 2. The molecule has 0 radical (unpaired) electrons. The molecule has 1 amide bonds. The summed E-state index contributed by atoms with van der Waals surface area (Å²) in [4.78, 5) is 28.2. The highest BCUT2D eigenvalue weighted by Gasteiger charge is 2.13. The zero-order valence-electron chi connectivity index (χ0n) is 14.0. The summed E-state index contributed by atoms with van der Waals surface area (Å²) in [6, 6.07) is 12.5. The topological polar surface area (TPSA) is 90.0 Å². The molecule has 25 heavy (non-hydrogen) atoms. The molecule has 2 heterocycles. The number of hydrogen-bond acceptors (Lipinski definition) is 4. The molecule has 126 valence electrons. The molecule has 0 atom stereocenters. The number of nitrogens with zero attached hydrogens (tertiary/aromatic N) is 2. The number of nitrogens with one attached hydrogen (secondary N) is 1. The van der Waals surface area contributed by atoms with Gasteiger partial charge in [-0.1, -0.05) is 18.2 Å². The first kappa shape index (κ1) is 16.4. The fourth-order valence-electron chi connectivity index (χ4n) is 2.74. The number of carbonyl (C=O) groups excluding carboxylic acids is 1. The quantitative estimate of drug-likeness (QED) is 0.767. The number of benzene rings is 1. The van der Waals surface area contributed by atoms with Gasteiger partial charge in [-0.25, -0.2) is 4.98 Å². The van der Waals surface area contributed by atoms with Crippen LogP contribution in [0.15, 0.2) is 59.7 Å². The van der Waals surface area contributed by atoms with Gasteiger partial charge in [0.1, 0.15) is 11.5 Å². The molecule has 0 bridgehead atoms. The third-order valence-electron chi connectivity index (χ3n) is 4.02. The first-order chi connectivity index (χ1) is 12.0. The Morgan fingerprint density at radius 1 is 1.20 bits per heavy atom. The molecule has 1 aromatic carbocycles. The summed E-state index contributed by atoms with van der Waals surface area (Å²) in [6.07, 6.45) is 3.39. The number of primary amides is 1. The molecule has 6 nitrogen and oxygen atoms in total. The van der Waals surface area contributed by atoms with Gasteiger partial charge in [-0.15, -0.1) is 0 Å². The van der Waals surface area contributed by atoms with Gasteiger partial charge in [0.05, 0.1) is 0 Å². The van der Waals surface area contributed by atoms with E-state index in [0.29, 0.717) is 17.1 Å². The minimum Gasteiger partial charge on any atom is -0.366 e. The van der Waals surface area contributed by atoms with E-state index in [2.05, 4.69) is 10.3 Å². The number of nitrogens with two attached hydrogens (primary N) is 1. The van der Waals surface area contributed by atoms with Crippen molar-refractivity contribution in [2.75, 3.05) is 5.32 Å². The minimum atomic E-state index is -0.476. The van der Waals surface area contributed by atoms with Gasteiger partial charge in [0, 0.05) is 30.6 Å². The molecule has 3 N–H and O–H groups in total. The first-order valence-electron chi connectivity index (χ1n) is 7.76. The molecular weight excluding hydrogens is 316 g/mol. The Bertz CT molecular complexity index is 994. The zero-order valence-corrected chi connectivity index (χ0v) is 14.0. The summed E-state index contributed by atoms with van der Waals surface area (Å²) in [6.45, 7) is 1.84. The van der Waals surface area contributed by atoms with Crippen molar-refractivity contribution in [1.82, 2.24) is 9.55 Å². The van der Waals surface area contributed by atoms with Gasteiger partial charge in [-0.05, 0) is 42.3 Å². The van der Waals surface area contributed by atoms with E-state index in [-0.39, 0.29) is 5.56 Å². The molecule has 0 aliphatic heterocycles. The van der Waals surface area contributed by atoms with Crippen LogP contribution in [0.5, 0.6) is 0 Å². The number of hydrogen-bond donors (Lipinski definition) is 2. The van der Waals surface area contributed by atoms with Gasteiger partial charge in [-0.2, -0.15) is 0 Å². The first-order valence-corrected chi connectivity index (χ1v) is 7.76. The van der Waals surface area contributed by atoms with Crippen molar-refractivity contribution >= 4 is 17.4 Å². The number of pyridine rings is 2. The highest BCUT2D eigenvalue weighted by atomic mass is 16.1. The number of amides is 1. The second-order valence-corrected chi connectivity index (χ2v) is 5.74. The Morgan fingerprint density at radius 3 is 2.68 bits per heavy atom. The summed E-state index contributed by atoms with van der Waals surface area (Å²) in [5.41, 5.74) is 8.56. The van der Waals surface area contributed by atoms with Crippen LogP contribution in [0.4, 0.5) is 11.5 Å². The zero-order chi connectivity index (χ0) is 18.0. The van der Waals surface area contributed by atoms with Crippen molar-refractivity contribution in [2.45, 2.75) is 6.92 Å². The van der Waals surface area contributed by atoms with Crippen LogP contribution in [0.3, 0.4) is 0 Å². The summed E-state index contributed by atoms with van der Waals surface area (Å²) in [5.74, 6) is 0.107. The van der Waals surface area contributed by atoms with Gasteiger partial charge in [0.2, 0.25) is 5.91 Å². The van der Waals surface area contributed by atoms with Crippen LogP contribution in [0, 0.1) is 6.92 Å². The van der Waals surface area contributed by atoms with Crippen LogP contribution < -0.4 is 16.6 Å². The number of carbonyl (C=O) groups is 1. The lowest BCUT2D eigenvalue weighted by molar-refractivity contribution is 0.1000. The molecule has 3 aromatic rings. The van der Waals surface area contributed by atoms with E-state index in [0.717, 1.165) is 16.7 Å². The van der Waals surface area contributed by atoms with Crippen molar-refractivity contribution in [1.29, 1.82) is 0 Å². The highest BCUT2D eigenvalue weighted by molar-refractivity contribution is 5.96. The van der Waals surface area contributed by atoms with Crippen LogP contribution in [0.2, 0.25) is 0 Å². The largest absolute Gasteiger partial charge is 0.366 e. The van der Waals surface area contributed by atoms with Crippen LogP contribution in [-0.4, -0.2) is 15.5 Å². The smallest absolute Gasteiger partial charge is 0.274 e. The lowest BCUT2D eigenvalue weighted by Crippen LogP contribution is -2.20. The monoisotopic (exact) mass is 334 g/mol. The molecule has 0 spiro atoms. The average Bonchev–Trinajstić information content (AvgIpc) is 2.59. The summed E-state index contributed by atoms with van der Waals surface area (Å²) >= 11 is 0. The molecule has 3 rings (SSSR count). The molecule has 0 aliphatic carbocycles. The predicted molar refractivity (Wildman–Crippen MR) is 97.9 cm³/mol. The summed E-state index contributed by atoms with van der Waals surface area (Å²) in [7, 11) is 1.68. The number of aryl methyl sites for hydroxylation is 1. The van der Waals surface area contributed by atoms with Gasteiger partial charge >= 0.3 is 0 Å². The van der Waals surface area contributed by atoms with E-state index in [1.54, 1.807) is 49.8 Å². The molecule has 0 unspecified atom stereocenters. The van der Waals surface area contributed by atoms with Crippen LogP contribution in [0.25, 0.3) is 11.1 Å². The van der Waals surface area contributed by atoms with Crippen LogP contribution >= 0.6 is 0 Å². The highest BCUT2D eigenvalue weighted by Crippen LogP contribution is 2.27. The van der Waals surface area contributed by atoms with Gasteiger partial charge in [0.15, 0.2) is 0 Å². The fraction of sp³-hybridized carbons (Fsp3) is 0.105. The molecule has 0 saturated heterocycles. The van der Waals surface area contributed by atoms with Crippen molar-refractivity contribution in [2.24, 2.45) is 12.8 Å². The van der Waals surface area contributed by atoms with Crippen molar-refractivity contribution in [3.05, 3.63) is 76.3 Å². The number of aromatic nitrogens is 2. The minimum absolute atomic E-state index is 0.168. The molecule has 0 saturated carbocycles. The van der Waals surface area contributed by atoms with E-state index >= 15 is 0 Å². The maximum absolute atomic E-state index is 12.4. The maximum atomic E-state index is 12.4. The third kappa shape index (κ3) is 3.28. The third-order valence-corrected chi connectivity index (χ3v) is 4.02. The SMILES string of the molecule is Cc1c(C(N)=O)cccc1-c1cc(Nc2ccccn2)c(=O)n(C)c1. The lowest BCUT2D eigenvalue weighted by atomic mass is 9.97. The Kier molecular flexibility index (Phi) is 4.35. The van der Waals surface area contributed by atoms with Crippen molar-refractivity contribution < 1.29 is 4.79 Å². The fourth-order valence-corrected chi connectivity index (χ4v) is 2.74. The van der Waals surface area contributed by atoms with Crippen molar-refractivity contribution in [3.8, 4) is 11.1 Å². The van der Waals surface area contributed by atoms with Gasteiger partial charge < -0.3 is 15.6 Å². The van der Waals surface area contributed by atoms with E-state index in [1.165, 1.54) is 4.57 Å². The summed E-state index contributed by atoms with van der Waals surface area (Å²) in [5, 5.41) is 3.04. The standard InChI is InChI=1S/C19H18N4O2/c1-12-14(6-5-7-15(12)18(20)24)13-10-16(19(25)23(2)11-13)22-17-8-3-4-9-21-17/h3-11H,1-2H3,(H2,20,24)(H,21,22).